The summed E-state index contributed by atoms with van der Waals surface area (Å²) in [6.45, 7) is 0.972. The van der Waals surface area contributed by atoms with Crippen molar-refractivity contribution in [2.75, 3.05) is 18.5 Å². The number of benzene rings is 2. The maximum Gasteiger partial charge on any atom is 0.262 e. The van der Waals surface area contributed by atoms with Gasteiger partial charge in [0.25, 0.3) is 5.91 Å². The van der Waals surface area contributed by atoms with Crippen molar-refractivity contribution in [2.45, 2.75) is 12.5 Å². The van der Waals surface area contributed by atoms with Gasteiger partial charge in [0.1, 0.15) is 5.75 Å². The standard InChI is InChI=1S/C17H19N3O2/c21-17(12-22-15-4-2-1-3-5-15)19-14-8-6-13(7-9-14)16-10-11-18-20-16/h1-9,16,18,20H,10-12H2,(H,19,21). The Morgan fingerprint density at radius 3 is 2.59 bits per heavy atom. The van der Waals surface area contributed by atoms with Crippen LogP contribution in [0.5, 0.6) is 5.75 Å². The lowest BCUT2D eigenvalue weighted by Gasteiger charge is -2.11. The van der Waals surface area contributed by atoms with Gasteiger partial charge in [0.05, 0.1) is 0 Å². The van der Waals surface area contributed by atoms with E-state index in [-0.39, 0.29) is 12.5 Å². The first-order valence-electron chi connectivity index (χ1n) is 7.37. The highest BCUT2D eigenvalue weighted by Crippen LogP contribution is 2.20. The van der Waals surface area contributed by atoms with E-state index in [1.807, 2.05) is 54.6 Å². The molecule has 22 heavy (non-hydrogen) atoms. The Morgan fingerprint density at radius 2 is 1.91 bits per heavy atom. The van der Waals surface area contributed by atoms with Gasteiger partial charge in [0, 0.05) is 18.3 Å². The smallest absolute Gasteiger partial charge is 0.262 e. The molecule has 3 rings (SSSR count). The maximum atomic E-state index is 11.9. The number of hydrogen-bond donors (Lipinski definition) is 3. The molecule has 0 saturated carbocycles. The van der Waals surface area contributed by atoms with E-state index in [4.69, 9.17) is 4.74 Å². The van der Waals surface area contributed by atoms with Crippen molar-refractivity contribution in [3.05, 3.63) is 60.2 Å². The molecule has 1 fully saturated rings. The van der Waals surface area contributed by atoms with Gasteiger partial charge in [-0.15, -0.1) is 0 Å². The van der Waals surface area contributed by atoms with E-state index in [1.165, 1.54) is 5.56 Å². The maximum absolute atomic E-state index is 11.9. The fraction of sp³-hybridized carbons (Fsp3) is 0.235. The first kappa shape index (κ1) is 14.6. The third-order valence-electron chi connectivity index (χ3n) is 3.54. The number of ether oxygens (including phenoxy) is 1. The number of hydrazine groups is 1. The molecule has 0 aromatic heterocycles. The van der Waals surface area contributed by atoms with Crippen LogP contribution in [0.2, 0.25) is 0 Å². The Morgan fingerprint density at radius 1 is 1.14 bits per heavy atom. The number of rotatable bonds is 5. The topological polar surface area (TPSA) is 62.4 Å². The molecule has 114 valence electrons. The second-order valence-electron chi connectivity index (χ2n) is 5.18. The number of hydrogen-bond acceptors (Lipinski definition) is 4. The van der Waals surface area contributed by atoms with Crippen molar-refractivity contribution in [3.8, 4) is 5.75 Å². The molecule has 5 heteroatoms. The Bertz CT molecular complexity index is 608. The van der Waals surface area contributed by atoms with E-state index in [9.17, 15) is 4.79 Å². The molecule has 2 aromatic rings. The van der Waals surface area contributed by atoms with Crippen LogP contribution in [-0.4, -0.2) is 19.1 Å². The first-order chi connectivity index (χ1) is 10.8. The van der Waals surface area contributed by atoms with Gasteiger partial charge < -0.3 is 10.1 Å². The summed E-state index contributed by atoms with van der Waals surface area (Å²) < 4.78 is 5.41. The van der Waals surface area contributed by atoms with Crippen molar-refractivity contribution in [2.24, 2.45) is 0 Å². The molecule has 5 nitrogen and oxygen atoms in total. The molecule has 3 N–H and O–H groups in total. The predicted octanol–water partition coefficient (Wildman–Crippen LogP) is 2.24. The lowest BCUT2D eigenvalue weighted by atomic mass is 10.1. The molecule has 1 aliphatic rings. The number of anilines is 1. The van der Waals surface area contributed by atoms with Crippen LogP contribution < -0.4 is 20.9 Å². The number of amides is 1. The zero-order valence-corrected chi connectivity index (χ0v) is 12.2. The van der Waals surface area contributed by atoms with Gasteiger partial charge in [0.15, 0.2) is 6.61 Å². The first-order valence-corrected chi connectivity index (χ1v) is 7.37. The summed E-state index contributed by atoms with van der Waals surface area (Å²) in [5, 5.41) is 2.83. The van der Waals surface area contributed by atoms with Crippen LogP contribution in [0, 0.1) is 0 Å². The van der Waals surface area contributed by atoms with Crippen LogP contribution in [0.25, 0.3) is 0 Å². The fourth-order valence-electron chi connectivity index (χ4n) is 2.40. The van der Waals surface area contributed by atoms with Gasteiger partial charge in [-0.2, -0.15) is 0 Å². The second kappa shape index (κ2) is 7.06. The molecular weight excluding hydrogens is 278 g/mol. The minimum atomic E-state index is -0.169. The van der Waals surface area contributed by atoms with Crippen molar-refractivity contribution in [1.29, 1.82) is 0 Å². The van der Waals surface area contributed by atoms with Gasteiger partial charge in [-0.3, -0.25) is 15.6 Å². The van der Waals surface area contributed by atoms with Crippen LogP contribution >= 0.6 is 0 Å². The molecule has 0 bridgehead atoms. The predicted molar refractivity (Wildman–Crippen MR) is 85.5 cm³/mol. The summed E-state index contributed by atoms with van der Waals surface area (Å²) in [6.07, 6.45) is 1.07. The van der Waals surface area contributed by atoms with Crippen LogP contribution in [0.3, 0.4) is 0 Å². The molecule has 0 spiro atoms. The van der Waals surface area contributed by atoms with Crippen molar-refractivity contribution >= 4 is 11.6 Å². The normalized spacial score (nSPS) is 17.2. The van der Waals surface area contributed by atoms with Gasteiger partial charge in [0.2, 0.25) is 0 Å². The van der Waals surface area contributed by atoms with E-state index in [1.54, 1.807) is 0 Å². The zero-order valence-electron chi connectivity index (χ0n) is 12.2. The highest BCUT2D eigenvalue weighted by atomic mass is 16.5. The van der Waals surface area contributed by atoms with Crippen LogP contribution in [0.4, 0.5) is 5.69 Å². The lowest BCUT2D eigenvalue weighted by molar-refractivity contribution is -0.118. The fourth-order valence-corrected chi connectivity index (χ4v) is 2.40. The average Bonchev–Trinajstić information content (AvgIpc) is 3.09. The van der Waals surface area contributed by atoms with Crippen molar-refractivity contribution in [1.82, 2.24) is 10.9 Å². The average molecular weight is 297 g/mol. The molecule has 1 atom stereocenters. The molecule has 1 unspecified atom stereocenters. The monoisotopic (exact) mass is 297 g/mol. The number of carbonyl (C=O) groups excluding carboxylic acids is 1. The molecular formula is C17H19N3O2. The molecule has 1 aliphatic heterocycles. The molecule has 0 aliphatic carbocycles. The zero-order chi connectivity index (χ0) is 15.2. The SMILES string of the molecule is O=C(COc1ccccc1)Nc1ccc(C2CCNN2)cc1. The van der Waals surface area contributed by atoms with Crippen molar-refractivity contribution in [3.63, 3.8) is 0 Å². The van der Waals surface area contributed by atoms with E-state index in [0.29, 0.717) is 11.8 Å². The number of para-hydroxylation sites is 1. The second-order valence-corrected chi connectivity index (χ2v) is 5.18. The van der Waals surface area contributed by atoms with E-state index in [0.717, 1.165) is 18.7 Å². The number of carbonyl (C=O) groups is 1. The highest BCUT2D eigenvalue weighted by molar-refractivity contribution is 5.91. The van der Waals surface area contributed by atoms with E-state index >= 15 is 0 Å². The summed E-state index contributed by atoms with van der Waals surface area (Å²) >= 11 is 0. The summed E-state index contributed by atoms with van der Waals surface area (Å²) in [6, 6.07) is 17.5. The van der Waals surface area contributed by atoms with Gasteiger partial charge >= 0.3 is 0 Å². The summed E-state index contributed by atoms with van der Waals surface area (Å²) in [5.41, 5.74) is 8.31. The minimum Gasteiger partial charge on any atom is -0.484 e. The van der Waals surface area contributed by atoms with Crippen LogP contribution in [0.15, 0.2) is 54.6 Å². The Hall–Kier alpha value is -2.37. The van der Waals surface area contributed by atoms with Gasteiger partial charge in [-0.1, -0.05) is 30.3 Å². The Labute approximate surface area is 129 Å². The molecule has 2 aromatic carbocycles. The highest BCUT2D eigenvalue weighted by Gasteiger charge is 2.15. The van der Waals surface area contributed by atoms with Crippen molar-refractivity contribution < 1.29 is 9.53 Å². The lowest BCUT2D eigenvalue weighted by Crippen LogP contribution is -2.24. The summed E-state index contributed by atoms with van der Waals surface area (Å²) in [5.74, 6) is 0.519. The van der Waals surface area contributed by atoms with Crippen LogP contribution in [0.1, 0.15) is 18.0 Å². The molecule has 0 radical (unpaired) electrons. The molecule has 1 amide bonds. The molecule has 1 saturated heterocycles. The van der Waals surface area contributed by atoms with Gasteiger partial charge in [-0.05, 0) is 36.2 Å². The Kier molecular flexibility index (Phi) is 4.68. The number of nitrogens with one attached hydrogen (secondary N) is 3. The minimum absolute atomic E-state index is 0.000134. The largest absolute Gasteiger partial charge is 0.484 e. The quantitative estimate of drug-likeness (QED) is 0.792. The van der Waals surface area contributed by atoms with E-state index in [2.05, 4.69) is 16.2 Å². The third kappa shape index (κ3) is 3.84. The van der Waals surface area contributed by atoms with E-state index < -0.39 is 0 Å². The van der Waals surface area contributed by atoms with Crippen LogP contribution in [-0.2, 0) is 4.79 Å². The molecule has 1 heterocycles. The summed E-state index contributed by atoms with van der Waals surface area (Å²) in [4.78, 5) is 11.9. The Balaban J connectivity index is 1.50. The summed E-state index contributed by atoms with van der Waals surface area (Å²) in [7, 11) is 0. The third-order valence-corrected chi connectivity index (χ3v) is 3.54. The van der Waals surface area contributed by atoms with Gasteiger partial charge in [-0.25, -0.2) is 0 Å².